The Kier molecular flexibility index (Phi) is 3.09. The standard InChI is InChI=1S/C8H10ClNS/c1-2-10-7-3-6(9)4-8(11)5-7/h3-5,10-11H,2H2,1H3. The Labute approximate surface area is 77.2 Å². The average molecular weight is 188 g/mol. The van der Waals surface area contributed by atoms with Crippen molar-refractivity contribution in [1.29, 1.82) is 0 Å². The Morgan fingerprint density at radius 3 is 2.73 bits per heavy atom. The van der Waals surface area contributed by atoms with E-state index in [4.69, 9.17) is 11.6 Å². The highest BCUT2D eigenvalue weighted by Crippen LogP contribution is 2.20. The SMILES string of the molecule is CCNc1cc(S)cc(Cl)c1. The van der Waals surface area contributed by atoms with Crippen LogP contribution in [0, 0.1) is 0 Å². The normalized spacial score (nSPS) is 9.73. The van der Waals surface area contributed by atoms with Crippen LogP contribution in [0.2, 0.25) is 5.02 Å². The van der Waals surface area contributed by atoms with Crippen molar-refractivity contribution in [3.05, 3.63) is 23.2 Å². The first kappa shape index (κ1) is 8.75. The fourth-order valence-electron chi connectivity index (χ4n) is 0.880. The number of benzene rings is 1. The van der Waals surface area contributed by atoms with Crippen LogP contribution in [-0.2, 0) is 0 Å². The summed E-state index contributed by atoms with van der Waals surface area (Å²) in [6.07, 6.45) is 0. The summed E-state index contributed by atoms with van der Waals surface area (Å²) in [6.45, 7) is 2.94. The maximum Gasteiger partial charge on any atom is 0.0437 e. The van der Waals surface area contributed by atoms with Gasteiger partial charge < -0.3 is 5.32 Å². The first-order chi connectivity index (χ1) is 5.22. The van der Waals surface area contributed by atoms with Crippen LogP contribution in [-0.4, -0.2) is 6.54 Å². The van der Waals surface area contributed by atoms with E-state index in [1.54, 1.807) is 0 Å². The Morgan fingerprint density at radius 1 is 1.45 bits per heavy atom. The molecule has 1 rings (SSSR count). The van der Waals surface area contributed by atoms with Crippen molar-refractivity contribution < 1.29 is 0 Å². The first-order valence-electron chi connectivity index (χ1n) is 3.46. The van der Waals surface area contributed by atoms with Crippen molar-refractivity contribution in [2.24, 2.45) is 0 Å². The molecule has 1 aromatic carbocycles. The number of thiol groups is 1. The molecule has 60 valence electrons. The fraction of sp³-hybridized carbons (Fsp3) is 0.250. The summed E-state index contributed by atoms with van der Waals surface area (Å²) in [7, 11) is 0. The van der Waals surface area contributed by atoms with Gasteiger partial charge in [0.05, 0.1) is 0 Å². The van der Waals surface area contributed by atoms with Gasteiger partial charge in [0.1, 0.15) is 0 Å². The highest BCUT2D eigenvalue weighted by Gasteiger charge is 1.94. The lowest BCUT2D eigenvalue weighted by Gasteiger charge is -2.03. The van der Waals surface area contributed by atoms with Crippen molar-refractivity contribution >= 4 is 29.9 Å². The molecule has 1 nitrogen and oxygen atoms in total. The van der Waals surface area contributed by atoms with Gasteiger partial charge in [0.2, 0.25) is 0 Å². The van der Waals surface area contributed by atoms with Crippen LogP contribution in [0.5, 0.6) is 0 Å². The van der Waals surface area contributed by atoms with Gasteiger partial charge in [-0.15, -0.1) is 12.6 Å². The molecule has 0 aliphatic rings. The molecule has 0 aliphatic carbocycles. The van der Waals surface area contributed by atoms with Crippen molar-refractivity contribution in [2.45, 2.75) is 11.8 Å². The molecule has 0 fully saturated rings. The third kappa shape index (κ3) is 2.64. The van der Waals surface area contributed by atoms with Gasteiger partial charge in [-0.25, -0.2) is 0 Å². The van der Waals surface area contributed by atoms with Gasteiger partial charge in [-0.2, -0.15) is 0 Å². The van der Waals surface area contributed by atoms with Gasteiger partial charge in [0.15, 0.2) is 0 Å². The number of rotatable bonds is 2. The van der Waals surface area contributed by atoms with Crippen LogP contribution >= 0.6 is 24.2 Å². The fourth-order valence-corrected chi connectivity index (χ4v) is 1.47. The molecule has 0 atom stereocenters. The van der Waals surface area contributed by atoms with Gasteiger partial charge in [-0.05, 0) is 25.1 Å². The van der Waals surface area contributed by atoms with Gasteiger partial charge in [0.25, 0.3) is 0 Å². The van der Waals surface area contributed by atoms with Crippen molar-refractivity contribution in [3.63, 3.8) is 0 Å². The van der Waals surface area contributed by atoms with E-state index in [-0.39, 0.29) is 0 Å². The lowest BCUT2D eigenvalue weighted by atomic mass is 10.3. The molecular weight excluding hydrogens is 178 g/mol. The largest absolute Gasteiger partial charge is 0.385 e. The highest BCUT2D eigenvalue weighted by molar-refractivity contribution is 7.80. The molecule has 0 saturated heterocycles. The van der Waals surface area contributed by atoms with E-state index in [1.165, 1.54) is 0 Å². The molecule has 3 heteroatoms. The molecule has 0 radical (unpaired) electrons. The van der Waals surface area contributed by atoms with Crippen LogP contribution < -0.4 is 5.32 Å². The number of halogens is 1. The molecule has 0 bridgehead atoms. The Balaban J connectivity index is 2.89. The zero-order chi connectivity index (χ0) is 8.27. The van der Waals surface area contributed by atoms with E-state index in [0.717, 1.165) is 17.1 Å². The lowest BCUT2D eigenvalue weighted by molar-refractivity contribution is 1.21. The zero-order valence-corrected chi connectivity index (χ0v) is 7.91. The average Bonchev–Trinajstić information content (AvgIpc) is 1.85. The van der Waals surface area contributed by atoms with E-state index in [2.05, 4.69) is 17.9 Å². The van der Waals surface area contributed by atoms with Crippen LogP contribution in [0.25, 0.3) is 0 Å². The highest BCUT2D eigenvalue weighted by atomic mass is 35.5. The van der Waals surface area contributed by atoms with Crippen LogP contribution in [0.1, 0.15) is 6.92 Å². The monoisotopic (exact) mass is 187 g/mol. The third-order valence-electron chi connectivity index (χ3n) is 1.26. The predicted octanol–water partition coefficient (Wildman–Crippen LogP) is 3.06. The first-order valence-corrected chi connectivity index (χ1v) is 4.28. The van der Waals surface area contributed by atoms with E-state index in [0.29, 0.717) is 5.02 Å². The quantitative estimate of drug-likeness (QED) is 0.679. The van der Waals surface area contributed by atoms with E-state index >= 15 is 0 Å². The number of hydrogen-bond acceptors (Lipinski definition) is 2. The summed E-state index contributed by atoms with van der Waals surface area (Å²) in [5, 5.41) is 3.87. The molecule has 0 unspecified atom stereocenters. The number of hydrogen-bond donors (Lipinski definition) is 2. The van der Waals surface area contributed by atoms with E-state index < -0.39 is 0 Å². The Hall–Kier alpha value is -0.340. The van der Waals surface area contributed by atoms with Crippen LogP contribution in [0.4, 0.5) is 5.69 Å². The van der Waals surface area contributed by atoms with Gasteiger partial charge >= 0.3 is 0 Å². The maximum atomic E-state index is 5.80. The minimum atomic E-state index is 0.716. The Bertz CT molecular complexity index is 230. The van der Waals surface area contributed by atoms with Gasteiger partial charge in [-0.3, -0.25) is 0 Å². The molecule has 0 spiro atoms. The second-order valence-electron chi connectivity index (χ2n) is 2.23. The van der Waals surface area contributed by atoms with E-state index in [1.807, 2.05) is 25.1 Å². The molecule has 1 N–H and O–H groups in total. The van der Waals surface area contributed by atoms with Crippen molar-refractivity contribution in [2.75, 3.05) is 11.9 Å². The van der Waals surface area contributed by atoms with Gasteiger partial charge in [-0.1, -0.05) is 11.6 Å². The number of anilines is 1. The lowest BCUT2D eigenvalue weighted by Crippen LogP contribution is -1.95. The molecule has 1 aromatic rings. The summed E-state index contributed by atoms with van der Waals surface area (Å²) in [5.41, 5.74) is 1.02. The maximum absolute atomic E-state index is 5.80. The third-order valence-corrected chi connectivity index (χ3v) is 1.74. The summed E-state index contributed by atoms with van der Waals surface area (Å²) in [6, 6.07) is 5.63. The summed E-state index contributed by atoms with van der Waals surface area (Å²) in [5.74, 6) is 0. The van der Waals surface area contributed by atoms with Crippen molar-refractivity contribution in [3.8, 4) is 0 Å². The topological polar surface area (TPSA) is 12.0 Å². The van der Waals surface area contributed by atoms with Crippen LogP contribution in [0.3, 0.4) is 0 Å². The van der Waals surface area contributed by atoms with Crippen LogP contribution in [0.15, 0.2) is 23.1 Å². The van der Waals surface area contributed by atoms with Gasteiger partial charge in [0, 0.05) is 22.2 Å². The molecule has 11 heavy (non-hydrogen) atoms. The molecule has 0 aliphatic heterocycles. The smallest absolute Gasteiger partial charge is 0.0437 e. The van der Waals surface area contributed by atoms with Crippen molar-refractivity contribution in [1.82, 2.24) is 0 Å². The van der Waals surface area contributed by atoms with E-state index in [9.17, 15) is 0 Å². The minimum Gasteiger partial charge on any atom is -0.385 e. The summed E-state index contributed by atoms with van der Waals surface area (Å²) >= 11 is 9.99. The minimum absolute atomic E-state index is 0.716. The molecule has 0 amide bonds. The molecule has 0 saturated carbocycles. The molecule has 0 aromatic heterocycles. The predicted molar refractivity (Wildman–Crippen MR) is 52.9 cm³/mol. The zero-order valence-electron chi connectivity index (χ0n) is 6.26. The Morgan fingerprint density at radius 2 is 2.18 bits per heavy atom. The molecule has 0 heterocycles. The number of nitrogens with one attached hydrogen (secondary N) is 1. The summed E-state index contributed by atoms with van der Waals surface area (Å²) < 4.78 is 0. The molecular formula is C8H10ClNS. The second kappa shape index (κ2) is 3.88. The summed E-state index contributed by atoms with van der Waals surface area (Å²) in [4.78, 5) is 0.883. The second-order valence-corrected chi connectivity index (χ2v) is 3.18.